The first-order chi connectivity index (χ1) is 9.08. The van der Waals surface area contributed by atoms with Crippen molar-refractivity contribution in [1.82, 2.24) is 4.98 Å². The van der Waals surface area contributed by atoms with Gasteiger partial charge in [-0.3, -0.25) is 4.98 Å². The average Bonchev–Trinajstić information content (AvgIpc) is 2.39. The molecular weight excluding hydrogens is 264 g/mol. The molecule has 4 nitrogen and oxygen atoms in total. The second kappa shape index (κ2) is 5.71. The number of aryl methyl sites for hydroxylation is 1. The van der Waals surface area contributed by atoms with E-state index in [0.717, 1.165) is 11.1 Å². The average molecular weight is 277 g/mol. The normalized spacial score (nSPS) is 10.2. The first-order valence-corrected chi connectivity index (χ1v) is 6.07. The summed E-state index contributed by atoms with van der Waals surface area (Å²) in [7, 11) is 0. The second-order valence-corrected chi connectivity index (χ2v) is 4.53. The molecule has 0 aliphatic rings. The van der Waals surface area contributed by atoms with Crippen molar-refractivity contribution >= 4 is 23.3 Å². The van der Waals surface area contributed by atoms with Crippen LogP contribution in [0.25, 0.3) is 0 Å². The van der Waals surface area contributed by atoms with Gasteiger partial charge in [0.2, 0.25) is 0 Å². The van der Waals surface area contributed by atoms with Crippen molar-refractivity contribution in [2.75, 3.05) is 5.73 Å². The number of nitrogens with zero attached hydrogens (tertiary/aromatic N) is 1. The van der Waals surface area contributed by atoms with Crippen LogP contribution in [0, 0.1) is 6.92 Å². The van der Waals surface area contributed by atoms with Gasteiger partial charge in [0.1, 0.15) is 6.61 Å². The lowest BCUT2D eigenvalue weighted by Gasteiger charge is -2.07. The van der Waals surface area contributed by atoms with Gasteiger partial charge in [0.05, 0.1) is 16.3 Å². The van der Waals surface area contributed by atoms with Crippen LogP contribution in [0.2, 0.25) is 5.02 Å². The Bertz CT molecular complexity index is 614. The minimum Gasteiger partial charge on any atom is -0.457 e. The second-order valence-electron chi connectivity index (χ2n) is 4.16. The highest BCUT2D eigenvalue weighted by molar-refractivity contribution is 6.36. The van der Waals surface area contributed by atoms with Crippen LogP contribution in [-0.2, 0) is 11.3 Å². The molecule has 98 valence electrons. The largest absolute Gasteiger partial charge is 0.457 e. The summed E-state index contributed by atoms with van der Waals surface area (Å²) in [6.07, 6.45) is 3.39. The molecule has 0 spiro atoms. The van der Waals surface area contributed by atoms with Gasteiger partial charge in [0.15, 0.2) is 0 Å². The zero-order valence-electron chi connectivity index (χ0n) is 10.4. The molecule has 2 rings (SSSR count). The summed E-state index contributed by atoms with van der Waals surface area (Å²) < 4.78 is 5.19. The van der Waals surface area contributed by atoms with E-state index in [1.165, 1.54) is 0 Å². The van der Waals surface area contributed by atoms with E-state index < -0.39 is 5.97 Å². The lowest BCUT2D eigenvalue weighted by Crippen LogP contribution is -2.07. The van der Waals surface area contributed by atoms with Gasteiger partial charge < -0.3 is 10.5 Å². The van der Waals surface area contributed by atoms with Crippen molar-refractivity contribution in [1.29, 1.82) is 0 Å². The third kappa shape index (κ3) is 3.23. The topological polar surface area (TPSA) is 65.2 Å². The van der Waals surface area contributed by atoms with Crippen LogP contribution in [0.1, 0.15) is 21.5 Å². The van der Waals surface area contributed by atoms with Crippen LogP contribution < -0.4 is 5.73 Å². The van der Waals surface area contributed by atoms with Crippen molar-refractivity contribution in [3.05, 3.63) is 58.4 Å². The minimum atomic E-state index is -0.501. The number of aromatic nitrogens is 1. The van der Waals surface area contributed by atoms with E-state index in [2.05, 4.69) is 4.98 Å². The molecule has 1 heterocycles. The number of carbonyl (C=O) groups excluding carboxylic acids is 1. The number of ether oxygens (including phenoxy) is 1. The van der Waals surface area contributed by atoms with E-state index in [1.54, 1.807) is 30.6 Å². The Morgan fingerprint density at radius 2 is 2.21 bits per heavy atom. The van der Waals surface area contributed by atoms with Crippen LogP contribution in [-0.4, -0.2) is 11.0 Å². The molecule has 2 aromatic rings. The van der Waals surface area contributed by atoms with E-state index in [-0.39, 0.29) is 17.2 Å². The lowest BCUT2D eigenvalue weighted by atomic mass is 10.2. The van der Waals surface area contributed by atoms with Gasteiger partial charge in [-0.05, 0) is 30.7 Å². The van der Waals surface area contributed by atoms with E-state index in [9.17, 15) is 4.79 Å². The Labute approximate surface area is 116 Å². The molecule has 1 aromatic heterocycles. The Balaban J connectivity index is 2.08. The molecule has 19 heavy (non-hydrogen) atoms. The summed E-state index contributed by atoms with van der Waals surface area (Å²) in [4.78, 5) is 15.9. The zero-order valence-corrected chi connectivity index (χ0v) is 11.1. The Morgan fingerprint density at radius 3 is 2.95 bits per heavy atom. The number of rotatable bonds is 3. The molecule has 0 aliphatic carbocycles. The Hall–Kier alpha value is -2.07. The molecule has 0 atom stereocenters. The first-order valence-electron chi connectivity index (χ1n) is 5.69. The van der Waals surface area contributed by atoms with Gasteiger partial charge in [-0.1, -0.05) is 17.7 Å². The number of anilines is 1. The molecule has 0 saturated carbocycles. The highest BCUT2D eigenvalue weighted by Crippen LogP contribution is 2.23. The van der Waals surface area contributed by atoms with Gasteiger partial charge in [-0.25, -0.2) is 4.79 Å². The molecule has 0 radical (unpaired) electrons. The molecule has 0 saturated heterocycles. The van der Waals surface area contributed by atoms with E-state index >= 15 is 0 Å². The van der Waals surface area contributed by atoms with E-state index in [0.29, 0.717) is 5.69 Å². The molecule has 1 aromatic carbocycles. The minimum absolute atomic E-state index is 0.151. The summed E-state index contributed by atoms with van der Waals surface area (Å²) in [6.45, 7) is 2.08. The first kappa shape index (κ1) is 13.4. The van der Waals surface area contributed by atoms with Crippen LogP contribution in [0.5, 0.6) is 0 Å². The van der Waals surface area contributed by atoms with Crippen LogP contribution in [0.3, 0.4) is 0 Å². The van der Waals surface area contributed by atoms with Crippen molar-refractivity contribution in [3.63, 3.8) is 0 Å². The number of nitrogens with two attached hydrogens (primary N) is 1. The summed E-state index contributed by atoms with van der Waals surface area (Å²) in [5, 5.41) is 0.217. The maximum atomic E-state index is 11.9. The van der Waals surface area contributed by atoms with Crippen molar-refractivity contribution in [2.24, 2.45) is 0 Å². The number of pyridine rings is 1. The standard InChI is InChI=1S/C14H13ClN2O2/c1-9-5-10(7-17-6-9)8-19-14(18)11-3-2-4-12(16)13(11)15/h2-7H,8,16H2,1H3. The summed E-state index contributed by atoms with van der Waals surface area (Å²) in [6, 6.07) is 6.77. The van der Waals surface area contributed by atoms with Gasteiger partial charge in [-0.15, -0.1) is 0 Å². The third-order valence-electron chi connectivity index (χ3n) is 2.55. The van der Waals surface area contributed by atoms with E-state index in [1.807, 2.05) is 13.0 Å². The maximum Gasteiger partial charge on any atom is 0.340 e. The van der Waals surface area contributed by atoms with Crippen molar-refractivity contribution in [2.45, 2.75) is 13.5 Å². The quantitative estimate of drug-likeness (QED) is 0.691. The number of carbonyl (C=O) groups is 1. The Morgan fingerprint density at radius 1 is 1.42 bits per heavy atom. The molecule has 0 unspecified atom stereocenters. The highest BCUT2D eigenvalue weighted by Gasteiger charge is 2.13. The van der Waals surface area contributed by atoms with Crippen LogP contribution >= 0.6 is 11.6 Å². The smallest absolute Gasteiger partial charge is 0.340 e. The number of benzene rings is 1. The summed E-state index contributed by atoms with van der Waals surface area (Å²) in [5.41, 5.74) is 8.09. The molecule has 0 fully saturated rings. The fourth-order valence-electron chi connectivity index (χ4n) is 1.63. The number of hydrogen-bond acceptors (Lipinski definition) is 4. The summed E-state index contributed by atoms with van der Waals surface area (Å²) in [5.74, 6) is -0.501. The molecule has 0 amide bonds. The predicted molar refractivity (Wildman–Crippen MR) is 74.0 cm³/mol. The molecule has 5 heteroatoms. The van der Waals surface area contributed by atoms with Crippen molar-refractivity contribution in [3.8, 4) is 0 Å². The summed E-state index contributed by atoms with van der Waals surface area (Å²) >= 11 is 5.96. The monoisotopic (exact) mass is 276 g/mol. The Kier molecular flexibility index (Phi) is 4.02. The molecule has 0 bridgehead atoms. The fourth-order valence-corrected chi connectivity index (χ4v) is 1.83. The highest BCUT2D eigenvalue weighted by atomic mass is 35.5. The predicted octanol–water partition coefficient (Wildman–Crippen LogP) is 2.98. The van der Waals surface area contributed by atoms with E-state index in [4.69, 9.17) is 22.1 Å². The number of halogens is 1. The number of hydrogen-bond donors (Lipinski definition) is 1. The van der Waals surface area contributed by atoms with Crippen LogP contribution in [0.4, 0.5) is 5.69 Å². The van der Waals surface area contributed by atoms with Crippen LogP contribution in [0.15, 0.2) is 36.7 Å². The zero-order chi connectivity index (χ0) is 13.8. The van der Waals surface area contributed by atoms with Gasteiger partial charge in [0.25, 0.3) is 0 Å². The maximum absolute atomic E-state index is 11.9. The van der Waals surface area contributed by atoms with Crippen molar-refractivity contribution < 1.29 is 9.53 Å². The molecule has 0 aliphatic heterocycles. The third-order valence-corrected chi connectivity index (χ3v) is 2.97. The van der Waals surface area contributed by atoms with Gasteiger partial charge >= 0.3 is 5.97 Å². The van der Waals surface area contributed by atoms with Gasteiger partial charge in [0, 0.05) is 18.0 Å². The molecule has 2 N–H and O–H groups in total. The number of nitrogen functional groups attached to an aromatic ring is 1. The number of esters is 1. The molecular formula is C14H13ClN2O2. The van der Waals surface area contributed by atoms with Gasteiger partial charge in [-0.2, -0.15) is 0 Å². The lowest BCUT2D eigenvalue weighted by molar-refractivity contribution is 0.0472. The SMILES string of the molecule is Cc1cncc(COC(=O)c2cccc(N)c2Cl)c1. The fraction of sp³-hybridized carbons (Fsp3) is 0.143.